The van der Waals surface area contributed by atoms with Crippen molar-refractivity contribution in [2.24, 2.45) is 0 Å². The van der Waals surface area contributed by atoms with Gasteiger partial charge in [-0.25, -0.2) is 4.98 Å². The van der Waals surface area contributed by atoms with Crippen molar-refractivity contribution in [2.75, 3.05) is 0 Å². The fourth-order valence-electron chi connectivity index (χ4n) is 1.50. The molecule has 0 amide bonds. The van der Waals surface area contributed by atoms with Crippen molar-refractivity contribution in [2.45, 2.75) is 13.8 Å². The highest BCUT2D eigenvalue weighted by molar-refractivity contribution is 9.10. The first-order chi connectivity index (χ1) is 7.58. The molecule has 0 aliphatic rings. The Morgan fingerprint density at radius 3 is 2.69 bits per heavy atom. The molecule has 1 heterocycles. The number of benzene rings is 1. The molecule has 0 atom stereocenters. The average Bonchev–Trinajstić information content (AvgIpc) is 2.25. The van der Waals surface area contributed by atoms with Crippen molar-refractivity contribution < 1.29 is 0 Å². The Kier molecular flexibility index (Phi) is 2.92. The highest BCUT2D eigenvalue weighted by atomic mass is 79.9. The lowest BCUT2D eigenvalue weighted by molar-refractivity contribution is 1.05. The zero-order chi connectivity index (χ0) is 11.7. The number of hydrogen-bond acceptors (Lipinski definition) is 2. The number of aryl methyl sites for hydroxylation is 2. The van der Waals surface area contributed by atoms with Gasteiger partial charge in [-0.3, -0.25) is 4.79 Å². The van der Waals surface area contributed by atoms with Crippen LogP contribution < -0.4 is 5.56 Å². The van der Waals surface area contributed by atoms with Crippen molar-refractivity contribution in [3.8, 4) is 11.4 Å². The topological polar surface area (TPSA) is 45.8 Å². The van der Waals surface area contributed by atoms with E-state index < -0.39 is 0 Å². The smallest absolute Gasteiger partial charge is 0.265 e. The molecule has 1 aromatic carbocycles. The van der Waals surface area contributed by atoms with Crippen LogP contribution in [0.25, 0.3) is 11.4 Å². The van der Waals surface area contributed by atoms with Crippen LogP contribution in [0.1, 0.15) is 11.3 Å². The van der Waals surface area contributed by atoms with Gasteiger partial charge in [0.15, 0.2) is 0 Å². The lowest BCUT2D eigenvalue weighted by atomic mass is 10.1. The number of nitrogens with zero attached hydrogens (tertiary/aromatic N) is 1. The Hall–Kier alpha value is -1.42. The first-order valence-electron chi connectivity index (χ1n) is 4.91. The van der Waals surface area contributed by atoms with Crippen LogP contribution in [0.15, 0.2) is 33.5 Å². The number of rotatable bonds is 1. The quantitative estimate of drug-likeness (QED) is 0.872. The fraction of sp³-hybridized carbons (Fsp3) is 0.167. The molecule has 4 heteroatoms. The molecule has 2 aromatic rings. The maximum Gasteiger partial charge on any atom is 0.265 e. The lowest BCUT2D eigenvalue weighted by Crippen LogP contribution is -2.11. The van der Waals surface area contributed by atoms with E-state index in [4.69, 9.17) is 0 Å². The van der Waals surface area contributed by atoms with Crippen molar-refractivity contribution in [3.63, 3.8) is 0 Å². The monoisotopic (exact) mass is 278 g/mol. The lowest BCUT2D eigenvalue weighted by Gasteiger charge is -2.04. The van der Waals surface area contributed by atoms with Crippen LogP contribution in [0, 0.1) is 13.8 Å². The second-order valence-electron chi connectivity index (χ2n) is 3.68. The van der Waals surface area contributed by atoms with Gasteiger partial charge in [-0.15, -0.1) is 0 Å². The third-order valence-electron chi connectivity index (χ3n) is 2.32. The van der Waals surface area contributed by atoms with E-state index >= 15 is 0 Å². The van der Waals surface area contributed by atoms with Crippen LogP contribution in [-0.2, 0) is 0 Å². The van der Waals surface area contributed by atoms with Crippen LogP contribution in [0.5, 0.6) is 0 Å². The summed E-state index contributed by atoms with van der Waals surface area (Å²) in [5, 5.41) is 0. The van der Waals surface area contributed by atoms with E-state index in [1.807, 2.05) is 31.2 Å². The van der Waals surface area contributed by atoms with Gasteiger partial charge in [-0.1, -0.05) is 23.8 Å². The molecule has 0 bridgehead atoms. The Morgan fingerprint density at radius 1 is 1.31 bits per heavy atom. The average molecular weight is 279 g/mol. The fourth-order valence-corrected chi connectivity index (χ4v) is 1.69. The van der Waals surface area contributed by atoms with Gasteiger partial charge in [0.2, 0.25) is 0 Å². The largest absolute Gasteiger partial charge is 0.306 e. The molecule has 0 spiro atoms. The second-order valence-corrected chi connectivity index (χ2v) is 4.48. The van der Waals surface area contributed by atoms with Crippen LogP contribution in [0.2, 0.25) is 0 Å². The third-order valence-corrected chi connectivity index (χ3v) is 3.25. The van der Waals surface area contributed by atoms with Crippen LogP contribution in [0.3, 0.4) is 0 Å². The highest BCUT2D eigenvalue weighted by Crippen LogP contribution is 2.17. The van der Waals surface area contributed by atoms with Crippen molar-refractivity contribution in [3.05, 3.63) is 50.3 Å². The molecule has 0 radical (unpaired) electrons. The van der Waals surface area contributed by atoms with E-state index in [1.54, 1.807) is 6.92 Å². The standard InChI is InChI=1S/C12H11BrN2O/c1-7-4-3-5-9(6-7)11-14-8(2)10(13)12(16)15-11/h3-6H,1-2H3,(H,14,15,16). The maximum atomic E-state index is 11.6. The number of nitrogens with one attached hydrogen (secondary N) is 1. The maximum absolute atomic E-state index is 11.6. The zero-order valence-electron chi connectivity index (χ0n) is 9.04. The molecule has 0 fully saturated rings. The summed E-state index contributed by atoms with van der Waals surface area (Å²) in [7, 11) is 0. The predicted molar refractivity (Wildman–Crippen MR) is 67.5 cm³/mol. The Labute approximate surface area is 102 Å². The molecule has 0 aliphatic carbocycles. The Balaban J connectivity index is 2.61. The van der Waals surface area contributed by atoms with Gasteiger partial charge >= 0.3 is 0 Å². The van der Waals surface area contributed by atoms with E-state index in [0.29, 0.717) is 16.0 Å². The minimum absolute atomic E-state index is 0.149. The van der Waals surface area contributed by atoms with Gasteiger partial charge in [0.05, 0.1) is 5.69 Å². The summed E-state index contributed by atoms with van der Waals surface area (Å²) in [5.41, 5.74) is 2.61. The molecule has 0 saturated carbocycles. The van der Waals surface area contributed by atoms with Crippen molar-refractivity contribution >= 4 is 15.9 Å². The first kappa shape index (κ1) is 11.1. The summed E-state index contributed by atoms with van der Waals surface area (Å²) in [6.07, 6.45) is 0. The normalized spacial score (nSPS) is 10.4. The summed E-state index contributed by atoms with van der Waals surface area (Å²) in [4.78, 5) is 18.7. The molecule has 82 valence electrons. The molecule has 1 aromatic heterocycles. The van der Waals surface area contributed by atoms with E-state index in [-0.39, 0.29) is 5.56 Å². The van der Waals surface area contributed by atoms with Crippen LogP contribution in [-0.4, -0.2) is 9.97 Å². The number of H-pyrrole nitrogens is 1. The van der Waals surface area contributed by atoms with E-state index in [1.165, 1.54) is 0 Å². The minimum Gasteiger partial charge on any atom is -0.306 e. The summed E-state index contributed by atoms with van der Waals surface area (Å²) in [5.74, 6) is 0.606. The van der Waals surface area contributed by atoms with Gasteiger partial charge in [0.1, 0.15) is 10.3 Å². The molecular formula is C12H11BrN2O. The SMILES string of the molecule is Cc1cccc(-c2nc(C)c(Br)c(=O)[nH]2)c1. The summed E-state index contributed by atoms with van der Waals surface area (Å²) in [6.45, 7) is 3.81. The number of hydrogen-bond donors (Lipinski definition) is 1. The number of aromatic nitrogens is 2. The Bertz CT molecular complexity index is 590. The molecule has 2 rings (SSSR count). The number of aromatic amines is 1. The summed E-state index contributed by atoms with van der Waals surface area (Å²) in [6, 6.07) is 7.87. The summed E-state index contributed by atoms with van der Waals surface area (Å²) < 4.78 is 0.490. The van der Waals surface area contributed by atoms with E-state index in [0.717, 1.165) is 11.1 Å². The van der Waals surface area contributed by atoms with E-state index in [9.17, 15) is 4.79 Å². The molecule has 0 aliphatic heterocycles. The molecule has 1 N–H and O–H groups in total. The van der Waals surface area contributed by atoms with Crippen LogP contribution in [0.4, 0.5) is 0 Å². The van der Waals surface area contributed by atoms with Gasteiger partial charge in [0, 0.05) is 5.56 Å². The second kappa shape index (κ2) is 4.22. The predicted octanol–water partition coefficient (Wildman–Crippen LogP) is 2.82. The summed E-state index contributed by atoms with van der Waals surface area (Å²) >= 11 is 3.19. The first-order valence-corrected chi connectivity index (χ1v) is 5.70. The van der Waals surface area contributed by atoms with E-state index in [2.05, 4.69) is 25.9 Å². The van der Waals surface area contributed by atoms with Gasteiger partial charge in [-0.2, -0.15) is 0 Å². The van der Waals surface area contributed by atoms with Gasteiger partial charge in [-0.05, 0) is 35.8 Å². The van der Waals surface area contributed by atoms with Crippen molar-refractivity contribution in [1.82, 2.24) is 9.97 Å². The van der Waals surface area contributed by atoms with Crippen LogP contribution >= 0.6 is 15.9 Å². The number of halogens is 1. The molecule has 16 heavy (non-hydrogen) atoms. The molecule has 0 unspecified atom stereocenters. The van der Waals surface area contributed by atoms with Crippen molar-refractivity contribution in [1.29, 1.82) is 0 Å². The van der Waals surface area contributed by atoms with Gasteiger partial charge < -0.3 is 4.98 Å². The zero-order valence-corrected chi connectivity index (χ0v) is 10.6. The highest BCUT2D eigenvalue weighted by Gasteiger charge is 2.06. The third kappa shape index (κ3) is 2.07. The molecule has 3 nitrogen and oxygen atoms in total. The molecule has 0 saturated heterocycles. The Morgan fingerprint density at radius 2 is 2.06 bits per heavy atom. The molecular weight excluding hydrogens is 268 g/mol. The minimum atomic E-state index is -0.149. The van der Waals surface area contributed by atoms with Gasteiger partial charge in [0.25, 0.3) is 5.56 Å².